The van der Waals surface area contributed by atoms with Crippen LogP contribution in [0.4, 0.5) is 9.59 Å². The Morgan fingerprint density at radius 3 is 2.46 bits per heavy atom. The highest BCUT2D eigenvalue weighted by Crippen LogP contribution is 1.91. The third kappa shape index (κ3) is 5.88. The van der Waals surface area contributed by atoms with Gasteiger partial charge in [-0.15, -0.1) is 0 Å². The molecule has 13 heavy (non-hydrogen) atoms. The van der Waals surface area contributed by atoms with Crippen LogP contribution < -0.4 is 0 Å². The SMILES string of the molecule is COC(=O)OC(=O)OCC(O)CO. The summed E-state index contributed by atoms with van der Waals surface area (Å²) in [7, 11) is 1.03. The van der Waals surface area contributed by atoms with Crippen LogP contribution in [0.25, 0.3) is 0 Å². The van der Waals surface area contributed by atoms with Crippen molar-refractivity contribution in [3.05, 3.63) is 0 Å². The molecule has 1 atom stereocenters. The van der Waals surface area contributed by atoms with Crippen molar-refractivity contribution in [2.24, 2.45) is 0 Å². The van der Waals surface area contributed by atoms with Gasteiger partial charge in [0.1, 0.15) is 12.7 Å². The van der Waals surface area contributed by atoms with E-state index in [-0.39, 0.29) is 0 Å². The van der Waals surface area contributed by atoms with Gasteiger partial charge in [0, 0.05) is 0 Å². The van der Waals surface area contributed by atoms with Gasteiger partial charge in [-0.2, -0.15) is 0 Å². The summed E-state index contributed by atoms with van der Waals surface area (Å²) in [5.41, 5.74) is 0. The molecule has 0 saturated heterocycles. The smallest absolute Gasteiger partial charge is 0.437 e. The van der Waals surface area contributed by atoms with Gasteiger partial charge in [0.05, 0.1) is 13.7 Å². The Labute approximate surface area is 73.8 Å². The summed E-state index contributed by atoms with van der Waals surface area (Å²) in [6.45, 7) is -1.00. The lowest BCUT2D eigenvalue weighted by Gasteiger charge is -2.06. The highest BCUT2D eigenvalue weighted by Gasteiger charge is 2.13. The van der Waals surface area contributed by atoms with E-state index in [2.05, 4.69) is 14.2 Å². The topological polar surface area (TPSA) is 102 Å². The molecule has 0 radical (unpaired) electrons. The average Bonchev–Trinajstić information content (AvgIpc) is 2.13. The number of ether oxygens (including phenoxy) is 3. The van der Waals surface area contributed by atoms with Crippen molar-refractivity contribution in [3.8, 4) is 0 Å². The summed E-state index contributed by atoms with van der Waals surface area (Å²) in [5.74, 6) is 0. The van der Waals surface area contributed by atoms with Gasteiger partial charge in [-0.25, -0.2) is 9.59 Å². The summed E-state index contributed by atoms with van der Waals surface area (Å²) >= 11 is 0. The van der Waals surface area contributed by atoms with Gasteiger partial charge in [0.15, 0.2) is 0 Å². The molecule has 7 heteroatoms. The minimum atomic E-state index is -1.29. The third-order valence-electron chi connectivity index (χ3n) is 0.938. The normalized spacial score (nSPS) is 11.6. The van der Waals surface area contributed by atoms with E-state index in [4.69, 9.17) is 10.2 Å². The molecule has 0 rings (SSSR count). The molecule has 0 aromatic rings. The second-order valence-electron chi connectivity index (χ2n) is 1.95. The number of aliphatic hydroxyl groups is 2. The van der Waals surface area contributed by atoms with Crippen LogP contribution in [0.1, 0.15) is 0 Å². The van der Waals surface area contributed by atoms with Gasteiger partial charge < -0.3 is 24.4 Å². The molecule has 0 bridgehead atoms. The fraction of sp³-hybridized carbons (Fsp3) is 0.667. The zero-order valence-corrected chi connectivity index (χ0v) is 6.93. The van der Waals surface area contributed by atoms with Crippen LogP contribution in [0.2, 0.25) is 0 Å². The van der Waals surface area contributed by atoms with Crippen LogP contribution in [0.15, 0.2) is 0 Å². The van der Waals surface area contributed by atoms with Crippen LogP contribution in [0, 0.1) is 0 Å². The maximum atomic E-state index is 10.5. The number of hydrogen-bond acceptors (Lipinski definition) is 7. The molecule has 0 aliphatic rings. The Bertz CT molecular complexity index is 178. The van der Waals surface area contributed by atoms with Crippen molar-refractivity contribution in [1.82, 2.24) is 0 Å². The van der Waals surface area contributed by atoms with E-state index in [0.717, 1.165) is 7.11 Å². The molecule has 0 saturated carbocycles. The molecule has 0 aromatic heterocycles. The monoisotopic (exact) mass is 194 g/mol. The summed E-state index contributed by atoms with van der Waals surface area (Å²) in [6, 6.07) is 0. The molecule has 2 N–H and O–H groups in total. The molecule has 0 aliphatic heterocycles. The zero-order chi connectivity index (χ0) is 10.3. The number of rotatable bonds is 3. The van der Waals surface area contributed by atoms with Crippen molar-refractivity contribution in [3.63, 3.8) is 0 Å². The van der Waals surface area contributed by atoms with E-state index in [1.54, 1.807) is 0 Å². The predicted molar refractivity (Wildman–Crippen MR) is 37.9 cm³/mol. The van der Waals surface area contributed by atoms with E-state index in [1.165, 1.54) is 0 Å². The standard InChI is InChI=1S/C6H10O7/c1-11-5(9)13-6(10)12-3-4(8)2-7/h4,7-8H,2-3H2,1H3. The summed E-state index contributed by atoms with van der Waals surface area (Å²) in [4.78, 5) is 20.8. The average molecular weight is 194 g/mol. The van der Waals surface area contributed by atoms with E-state index in [0.29, 0.717) is 0 Å². The highest BCUT2D eigenvalue weighted by molar-refractivity contribution is 5.76. The van der Waals surface area contributed by atoms with Crippen LogP contribution in [-0.2, 0) is 14.2 Å². The van der Waals surface area contributed by atoms with Gasteiger partial charge in [-0.05, 0) is 0 Å². The predicted octanol–water partition coefficient (Wildman–Crippen LogP) is -0.741. The Morgan fingerprint density at radius 2 is 2.00 bits per heavy atom. The lowest BCUT2D eigenvalue weighted by atomic mass is 10.4. The second kappa shape index (κ2) is 6.21. The number of methoxy groups -OCH3 is 1. The molecular formula is C6H10O7. The van der Waals surface area contributed by atoms with E-state index >= 15 is 0 Å². The fourth-order valence-corrected chi connectivity index (χ4v) is 0.356. The van der Waals surface area contributed by atoms with E-state index < -0.39 is 31.6 Å². The lowest BCUT2D eigenvalue weighted by molar-refractivity contribution is 0.00227. The van der Waals surface area contributed by atoms with Gasteiger partial charge >= 0.3 is 12.3 Å². The lowest BCUT2D eigenvalue weighted by Crippen LogP contribution is -2.23. The number of hydrogen-bond donors (Lipinski definition) is 2. The number of aliphatic hydroxyl groups excluding tert-OH is 2. The second-order valence-corrected chi connectivity index (χ2v) is 1.95. The molecule has 1 unspecified atom stereocenters. The molecule has 0 spiro atoms. The van der Waals surface area contributed by atoms with Crippen LogP contribution in [-0.4, -0.2) is 49.0 Å². The largest absolute Gasteiger partial charge is 0.518 e. The Hall–Kier alpha value is -1.34. The summed E-state index contributed by atoms with van der Waals surface area (Å²) in [5, 5.41) is 17.0. The van der Waals surface area contributed by atoms with Gasteiger partial charge in [0.25, 0.3) is 0 Å². The first-order chi connectivity index (χ1) is 6.10. The molecular weight excluding hydrogens is 184 g/mol. The van der Waals surface area contributed by atoms with Crippen LogP contribution in [0.3, 0.4) is 0 Å². The van der Waals surface area contributed by atoms with Crippen molar-refractivity contribution in [2.45, 2.75) is 6.10 Å². The quantitative estimate of drug-likeness (QED) is 0.450. The first-order valence-corrected chi connectivity index (χ1v) is 3.31. The maximum Gasteiger partial charge on any atom is 0.518 e. The van der Waals surface area contributed by atoms with Gasteiger partial charge in [-0.3, -0.25) is 0 Å². The van der Waals surface area contributed by atoms with Gasteiger partial charge in [0.2, 0.25) is 0 Å². The minimum absolute atomic E-state index is 0.452. The number of carbonyl (C=O) groups excluding carboxylic acids is 2. The molecule has 7 nitrogen and oxygen atoms in total. The van der Waals surface area contributed by atoms with Gasteiger partial charge in [-0.1, -0.05) is 0 Å². The highest BCUT2D eigenvalue weighted by atomic mass is 16.8. The molecule has 0 amide bonds. The van der Waals surface area contributed by atoms with Crippen molar-refractivity contribution >= 4 is 12.3 Å². The van der Waals surface area contributed by atoms with Crippen LogP contribution in [0.5, 0.6) is 0 Å². The van der Waals surface area contributed by atoms with Crippen molar-refractivity contribution < 1.29 is 34.0 Å². The van der Waals surface area contributed by atoms with Crippen LogP contribution >= 0.6 is 0 Å². The minimum Gasteiger partial charge on any atom is -0.437 e. The molecule has 0 heterocycles. The molecule has 0 fully saturated rings. The summed E-state index contributed by atoms with van der Waals surface area (Å²) in [6.07, 6.45) is -3.69. The van der Waals surface area contributed by atoms with E-state index in [9.17, 15) is 9.59 Å². The van der Waals surface area contributed by atoms with Crippen molar-refractivity contribution in [2.75, 3.05) is 20.3 Å². The maximum absolute atomic E-state index is 10.5. The third-order valence-corrected chi connectivity index (χ3v) is 0.938. The molecule has 0 aromatic carbocycles. The fourth-order valence-electron chi connectivity index (χ4n) is 0.356. The number of carbonyl (C=O) groups is 2. The first kappa shape index (κ1) is 11.7. The zero-order valence-electron chi connectivity index (χ0n) is 6.93. The Morgan fingerprint density at radius 1 is 1.38 bits per heavy atom. The van der Waals surface area contributed by atoms with E-state index in [1.807, 2.05) is 0 Å². The first-order valence-electron chi connectivity index (χ1n) is 3.31. The Balaban J connectivity index is 3.57. The van der Waals surface area contributed by atoms with Crippen molar-refractivity contribution in [1.29, 1.82) is 0 Å². The Kier molecular flexibility index (Phi) is 5.57. The molecule has 76 valence electrons. The summed E-state index contributed by atoms with van der Waals surface area (Å²) < 4.78 is 12.1. The molecule has 0 aliphatic carbocycles.